The maximum Gasteiger partial charge on any atom is 0.207 e. The molecule has 0 heterocycles. The monoisotopic (exact) mass is 231 g/mol. The fraction of sp³-hybridized carbons (Fsp3) is 0.400. The predicted molar refractivity (Wildman–Crippen MR) is 71.8 cm³/mol. The number of rotatable bonds is 7. The summed E-state index contributed by atoms with van der Waals surface area (Å²) < 4.78 is 0. The van der Waals surface area contributed by atoms with E-state index in [1.807, 2.05) is 18.2 Å². The summed E-state index contributed by atoms with van der Waals surface area (Å²) in [5, 5.41) is 2.89. The number of hydrogen-bond acceptors (Lipinski definition) is 1. The minimum atomic E-state index is 0.112. The van der Waals surface area contributed by atoms with E-state index >= 15 is 0 Å². The first-order valence-corrected chi connectivity index (χ1v) is 6.18. The van der Waals surface area contributed by atoms with Gasteiger partial charge in [0.1, 0.15) is 0 Å². The van der Waals surface area contributed by atoms with Gasteiger partial charge in [0, 0.05) is 0 Å². The highest BCUT2D eigenvalue weighted by Crippen LogP contribution is 2.11. The van der Waals surface area contributed by atoms with Crippen LogP contribution >= 0.6 is 0 Å². The molecule has 0 bridgehead atoms. The molecule has 0 spiro atoms. The predicted octanol–water partition coefficient (Wildman–Crippen LogP) is 3.09. The molecule has 1 atom stereocenters. The number of benzene rings is 1. The molecule has 0 saturated heterocycles. The summed E-state index contributed by atoms with van der Waals surface area (Å²) in [6.45, 7) is 4.24. The summed E-state index contributed by atoms with van der Waals surface area (Å²) in [4.78, 5) is 10.6. The highest BCUT2D eigenvalue weighted by Gasteiger charge is 2.09. The molecule has 2 heteroatoms. The van der Waals surface area contributed by atoms with Crippen molar-refractivity contribution >= 4 is 6.41 Å². The van der Waals surface area contributed by atoms with Crippen LogP contribution in [0.15, 0.2) is 42.0 Å². The quantitative estimate of drug-likeness (QED) is 0.567. The van der Waals surface area contributed by atoms with E-state index < -0.39 is 0 Å². The normalized spacial score (nSPS) is 13.2. The Labute approximate surface area is 104 Å². The average molecular weight is 231 g/mol. The molecule has 0 aromatic heterocycles. The topological polar surface area (TPSA) is 29.1 Å². The minimum absolute atomic E-state index is 0.112. The number of allylic oxidation sites excluding steroid dienone is 1. The number of hydrogen-bond donors (Lipinski definition) is 1. The third kappa shape index (κ3) is 4.85. The lowest BCUT2D eigenvalue weighted by Crippen LogP contribution is -2.31. The third-order valence-corrected chi connectivity index (χ3v) is 2.86. The molecule has 0 saturated carbocycles. The second-order valence-corrected chi connectivity index (χ2v) is 4.26. The van der Waals surface area contributed by atoms with Crippen LogP contribution in [0.25, 0.3) is 0 Å². The summed E-state index contributed by atoms with van der Waals surface area (Å²) in [5.74, 6) is 0. The van der Waals surface area contributed by atoms with E-state index in [2.05, 4.69) is 37.4 Å². The van der Waals surface area contributed by atoms with Crippen molar-refractivity contribution in [2.75, 3.05) is 0 Å². The van der Waals surface area contributed by atoms with Gasteiger partial charge in [-0.05, 0) is 25.3 Å². The van der Waals surface area contributed by atoms with E-state index in [4.69, 9.17) is 0 Å². The zero-order valence-electron chi connectivity index (χ0n) is 10.6. The fourth-order valence-corrected chi connectivity index (χ4v) is 1.80. The summed E-state index contributed by atoms with van der Waals surface area (Å²) in [7, 11) is 0. The van der Waals surface area contributed by atoms with Crippen LogP contribution in [0.3, 0.4) is 0 Å². The Bertz CT molecular complexity index is 356. The van der Waals surface area contributed by atoms with Crippen LogP contribution in [0.5, 0.6) is 0 Å². The lowest BCUT2D eigenvalue weighted by atomic mass is 9.99. The maximum absolute atomic E-state index is 10.6. The highest BCUT2D eigenvalue weighted by atomic mass is 16.1. The van der Waals surface area contributed by atoms with Crippen molar-refractivity contribution in [2.45, 2.75) is 39.2 Å². The first-order valence-electron chi connectivity index (χ1n) is 6.18. The number of amides is 1. The standard InChI is InChI=1S/C15H21NO/c1-3-4-8-13(2)15(16-12-17)11-14-9-6-5-7-10-14/h5-10,12,15H,3-4,11H2,1-2H3,(H,16,17). The van der Waals surface area contributed by atoms with Crippen molar-refractivity contribution in [2.24, 2.45) is 0 Å². The third-order valence-electron chi connectivity index (χ3n) is 2.86. The van der Waals surface area contributed by atoms with E-state index in [0.717, 1.165) is 25.7 Å². The van der Waals surface area contributed by atoms with Gasteiger partial charge in [-0.3, -0.25) is 4.79 Å². The maximum atomic E-state index is 10.6. The van der Waals surface area contributed by atoms with E-state index in [-0.39, 0.29) is 6.04 Å². The van der Waals surface area contributed by atoms with E-state index in [1.54, 1.807) is 0 Å². The molecule has 1 aromatic rings. The molecule has 1 rings (SSSR count). The van der Waals surface area contributed by atoms with Crippen LogP contribution in [0, 0.1) is 0 Å². The molecule has 1 aromatic carbocycles. The lowest BCUT2D eigenvalue weighted by Gasteiger charge is -2.17. The fourth-order valence-electron chi connectivity index (χ4n) is 1.80. The molecule has 92 valence electrons. The molecule has 2 nitrogen and oxygen atoms in total. The Morgan fingerprint density at radius 1 is 1.35 bits per heavy atom. The molecule has 0 aliphatic rings. The Hall–Kier alpha value is -1.57. The molecule has 1 unspecified atom stereocenters. The van der Waals surface area contributed by atoms with Crippen LogP contribution in [-0.4, -0.2) is 12.5 Å². The van der Waals surface area contributed by atoms with Crippen molar-refractivity contribution in [1.82, 2.24) is 5.32 Å². The first-order chi connectivity index (χ1) is 8.27. The van der Waals surface area contributed by atoms with Crippen LogP contribution in [0.1, 0.15) is 32.3 Å². The van der Waals surface area contributed by atoms with Gasteiger partial charge in [-0.25, -0.2) is 0 Å². The second kappa shape index (κ2) is 7.66. The summed E-state index contributed by atoms with van der Waals surface area (Å²) in [5.41, 5.74) is 2.49. The second-order valence-electron chi connectivity index (χ2n) is 4.26. The number of carbonyl (C=O) groups excluding carboxylic acids is 1. The average Bonchev–Trinajstić information content (AvgIpc) is 2.36. The zero-order chi connectivity index (χ0) is 12.5. The van der Waals surface area contributed by atoms with Crippen molar-refractivity contribution < 1.29 is 4.79 Å². The Morgan fingerprint density at radius 2 is 2.06 bits per heavy atom. The molecular weight excluding hydrogens is 210 g/mol. The Balaban J connectivity index is 2.69. The summed E-state index contributed by atoms with van der Waals surface area (Å²) in [6.07, 6.45) is 6.06. The van der Waals surface area contributed by atoms with E-state index in [1.165, 1.54) is 11.1 Å². The van der Waals surface area contributed by atoms with Gasteiger partial charge in [0.05, 0.1) is 6.04 Å². The van der Waals surface area contributed by atoms with Gasteiger partial charge in [-0.15, -0.1) is 0 Å². The van der Waals surface area contributed by atoms with Gasteiger partial charge in [0.15, 0.2) is 0 Å². The van der Waals surface area contributed by atoms with Crippen LogP contribution in [0.2, 0.25) is 0 Å². The van der Waals surface area contributed by atoms with E-state index in [0.29, 0.717) is 0 Å². The minimum Gasteiger partial charge on any atom is -0.352 e. The summed E-state index contributed by atoms with van der Waals surface area (Å²) >= 11 is 0. The van der Waals surface area contributed by atoms with Gasteiger partial charge in [-0.2, -0.15) is 0 Å². The Kier molecular flexibility index (Phi) is 6.08. The van der Waals surface area contributed by atoms with E-state index in [9.17, 15) is 4.79 Å². The summed E-state index contributed by atoms with van der Waals surface area (Å²) in [6, 6.07) is 10.3. The molecule has 17 heavy (non-hydrogen) atoms. The number of unbranched alkanes of at least 4 members (excludes halogenated alkanes) is 1. The van der Waals surface area contributed by atoms with Gasteiger partial charge >= 0.3 is 0 Å². The number of carbonyl (C=O) groups is 1. The highest BCUT2D eigenvalue weighted by molar-refractivity contribution is 5.48. The Morgan fingerprint density at radius 3 is 2.65 bits per heavy atom. The van der Waals surface area contributed by atoms with Crippen molar-refractivity contribution in [3.05, 3.63) is 47.5 Å². The SMILES string of the molecule is CCCC=C(C)C(Cc1ccccc1)NC=O. The zero-order valence-corrected chi connectivity index (χ0v) is 10.6. The van der Waals surface area contributed by atoms with Gasteiger partial charge in [0.2, 0.25) is 6.41 Å². The number of nitrogens with one attached hydrogen (secondary N) is 1. The van der Waals surface area contributed by atoms with Gasteiger partial charge in [-0.1, -0.05) is 55.3 Å². The lowest BCUT2D eigenvalue weighted by molar-refractivity contribution is -0.109. The molecule has 0 radical (unpaired) electrons. The van der Waals surface area contributed by atoms with Gasteiger partial charge in [0.25, 0.3) is 0 Å². The smallest absolute Gasteiger partial charge is 0.207 e. The first kappa shape index (κ1) is 13.5. The molecule has 0 aliphatic carbocycles. The van der Waals surface area contributed by atoms with Crippen molar-refractivity contribution in [3.63, 3.8) is 0 Å². The van der Waals surface area contributed by atoms with Crippen LogP contribution < -0.4 is 5.32 Å². The molecule has 0 fully saturated rings. The molecule has 1 amide bonds. The van der Waals surface area contributed by atoms with Crippen LogP contribution in [0.4, 0.5) is 0 Å². The van der Waals surface area contributed by atoms with Crippen LogP contribution in [-0.2, 0) is 11.2 Å². The molecular formula is C15H21NO. The van der Waals surface area contributed by atoms with Crippen molar-refractivity contribution in [1.29, 1.82) is 0 Å². The largest absolute Gasteiger partial charge is 0.352 e. The molecule has 1 N–H and O–H groups in total. The molecule has 0 aliphatic heterocycles. The van der Waals surface area contributed by atoms with Crippen molar-refractivity contribution in [3.8, 4) is 0 Å². The van der Waals surface area contributed by atoms with Gasteiger partial charge < -0.3 is 5.32 Å².